The molecule has 162 valence electrons. The maximum absolute atomic E-state index is 12.9. The summed E-state index contributed by atoms with van der Waals surface area (Å²) in [7, 11) is 1.64. The topological polar surface area (TPSA) is 47.6 Å². The first-order valence-corrected chi connectivity index (χ1v) is 10.7. The Bertz CT molecular complexity index is 984. The molecule has 0 aliphatic heterocycles. The minimum atomic E-state index is -0.112. The molecule has 0 radical (unpaired) electrons. The first-order chi connectivity index (χ1) is 15.0. The van der Waals surface area contributed by atoms with Gasteiger partial charge in [-0.1, -0.05) is 55.8 Å². The highest BCUT2D eigenvalue weighted by atomic mass is 35.5. The second kappa shape index (κ2) is 10.9. The fourth-order valence-corrected chi connectivity index (χ4v) is 3.50. The van der Waals surface area contributed by atoms with E-state index in [1.54, 1.807) is 31.4 Å². The summed E-state index contributed by atoms with van der Waals surface area (Å²) < 4.78 is 11.0. The van der Waals surface area contributed by atoms with Gasteiger partial charge in [-0.25, -0.2) is 0 Å². The van der Waals surface area contributed by atoms with Gasteiger partial charge in [0, 0.05) is 16.1 Å². The van der Waals surface area contributed by atoms with Crippen molar-refractivity contribution in [2.24, 2.45) is 5.92 Å². The maximum atomic E-state index is 12.9. The predicted molar refractivity (Wildman–Crippen MR) is 125 cm³/mol. The zero-order chi connectivity index (χ0) is 22.2. The van der Waals surface area contributed by atoms with Crippen LogP contribution in [0.15, 0.2) is 72.8 Å². The molecular weight excluding hydrogens is 410 g/mol. The number of amides is 1. The van der Waals surface area contributed by atoms with Crippen molar-refractivity contribution in [2.75, 3.05) is 7.11 Å². The Hall–Kier alpha value is -2.98. The molecule has 1 N–H and O–H groups in total. The van der Waals surface area contributed by atoms with Crippen LogP contribution in [0.5, 0.6) is 11.5 Å². The molecule has 0 fully saturated rings. The number of nitrogens with one attached hydrogen (secondary N) is 1. The summed E-state index contributed by atoms with van der Waals surface area (Å²) >= 11 is 6.17. The highest BCUT2D eigenvalue weighted by Crippen LogP contribution is 2.25. The summed E-state index contributed by atoms with van der Waals surface area (Å²) in [5.41, 5.74) is 2.57. The predicted octanol–water partition coefficient (Wildman–Crippen LogP) is 6.44. The quantitative estimate of drug-likeness (QED) is 0.418. The van der Waals surface area contributed by atoms with Gasteiger partial charge in [-0.15, -0.1) is 0 Å². The molecule has 3 rings (SSSR count). The zero-order valence-corrected chi connectivity index (χ0v) is 18.9. The molecule has 3 aromatic carbocycles. The van der Waals surface area contributed by atoms with Crippen molar-refractivity contribution in [3.05, 3.63) is 94.5 Å². The van der Waals surface area contributed by atoms with E-state index in [9.17, 15) is 4.79 Å². The molecule has 1 amide bonds. The van der Waals surface area contributed by atoms with Crippen molar-refractivity contribution >= 4 is 17.5 Å². The lowest BCUT2D eigenvalue weighted by Gasteiger charge is -2.21. The largest absolute Gasteiger partial charge is 0.497 e. The molecule has 0 unspecified atom stereocenters. The van der Waals surface area contributed by atoms with Gasteiger partial charge in [0.15, 0.2) is 0 Å². The minimum absolute atomic E-state index is 0.0745. The van der Waals surface area contributed by atoms with Gasteiger partial charge in [0.25, 0.3) is 5.91 Å². The van der Waals surface area contributed by atoms with Gasteiger partial charge in [0.1, 0.15) is 18.1 Å². The van der Waals surface area contributed by atoms with Gasteiger partial charge in [-0.2, -0.15) is 0 Å². The van der Waals surface area contributed by atoms with E-state index in [0.29, 0.717) is 28.9 Å². The van der Waals surface area contributed by atoms with Gasteiger partial charge in [0.05, 0.1) is 13.2 Å². The standard InChI is InChI=1S/C26H28ClNO3/c1-18(2)16-25(19-8-12-22(30-3)13-9-19)28-26(29)20-10-14-23(15-11-20)31-17-21-6-4-5-7-24(21)27/h4-15,18,25H,16-17H2,1-3H3,(H,28,29)/t25-/m0/s1. The summed E-state index contributed by atoms with van der Waals surface area (Å²) in [4.78, 5) is 12.9. The summed E-state index contributed by atoms with van der Waals surface area (Å²) in [5.74, 6) is 1.81. The number of carbonyl (C=O) groups is 1. The second-order valence-electron chi connectivity index (χ2n) is 7.83. The lowest BCUT2D eigenvalue weighted by atomic mass is 9.96. The van der Waals surface area contributed by atoms with Gasteiger partial charge < -0.3 is 14.8 Å². The van der Waals surface area contributed by atoms with E-state index in [2.05, 4.69) is 19.2 Å². The highest BCUT2D eigenvalue weighted by molar-refractivity contribution is 6.31. The molecule has 0 spiro atoms. The van der Waals surface area contributed by atoms with Crippen LogP contribution in [0.1, 0.15) is 47.8 Å². The van der Waals surface area contributed by atoms with Crippen LogP contribution >= 0.6 is 11.6 Å². The third-order valence-electron chi connectivity index (χ3n) is 5.00. The molecule has 0 aromatic heterocycles. The Balaban J connectivity index is 1.65. The molecule has 0 saturated heterocycles. The summed E-state index contributed by atoms with van der Waals surface area (Å²) in [6.07, 6.45) is 0.844. The van der Waals surface area contributed by atoms with Gasteiger partial charge in [0.2, 0.25) is 0 Å². The number of carbonyl (C=O) groups excluding carboxylic acids is 1. The van der Waals surface area contributed by atoms with Crippen molar-refractivity contribution in [2.45, 2.75) is 32.9 Å². The first kappa shape index (κ1) is 22.7. The van der Waals surface area contributed by atoms with Crippen LogP contribution in [0.25, 0.3) is 0 Å². The smallest absolute Gasteiger partial charge is 0.251 e. The van der Waals surface area contributed by atoms with E-state index in [1.807, 2.05) is 48.5 Å². The van der Waals surface area contributed by atoms with E-state index in [0.717, 1.165) is 23.3 Å². The molecule has 31 heavy (non-hydrogen) atoms. The fourth-order valence-electron chi connectivity index (χ4n) is 3.31. The van der Waals surface area contributed by atoms with Crippen LogP contribution < -0.4 is 14.8 Å². The fraction of sp³-hybridized carbons (Fsp3) is 0.269. The molecule has 0 aliphatic carbocycles. The number of halogens is 1. The monoisotopic (exact) mass is 437 g/mol. The molecule has 0 bridgehead atoms. The van der Waals surface area contributed by atoms with Crippen LogP contribution in [-0.2, 0) is 6.61 Å². The van der Waals surface area contributed by atoms with E-state index in [1.165, 1.54) is 0 Å². The Kier molecular flexibility index (Phi) is 7.96. The van der Waals surface area contributed by atoms with Gasteiger partial charge in [-0.05, 0) is 60.4 Å². The second-order valence-corrected chi connectivity index (χ2v) is 8.24. The van der Waals surface area contributed by atoms with E-state index >= 15 is 0 Å². The van der Waals surface area contributed by atoms with Crippen molar-refractivity contribution in [1.29, 1.82) is 0 Å². The molecule has 0 aliphatic rings. The van der Waals surface area contributed by atoms with E-state index in [4.69, 9.17) is 21.1 Å². The van der Waals surface area contributed by atoms with Crippen molar-refractivity contribution < 1.29 is 14.3 Å². The number of ether oxygens (including phenoxy) is 2. The van der Waals surface area contributed by atoms with Gasteiger partial charge in [-0.3, -0.25) is 4.79 Å². The Morgan fingerprint density at radius 2 is 1.58 bits per heavy atom. The van der Waals surface area contributed by atoms with Crippen LogP contribution in [0, 0.1) is 5.92 Å². The summed E-state index contributed by atoms with van der Waals surface area (Å²) in [5, 5.41) is 3.84. The number of hydrogen-bond acceptors (Lipinski definition) is 3. The zero-order valence-electron chi connectivity index (χ0n) is 18.1. The first-order valence-electron chi connectivity index (χ1n) is 10.4. The molecule has 3 aromatic rings. The average molecular weight is 438 g/mol. The minimum Gasteiger partial charge on any atom is -0.497 e. The maximum Gasteiger partial charge on any atom is 0.251 e. The number of benzene rings is 3. The molecule has 1 atom stereocenters. The molecule has 4 nitrogen and oxygen atoms in total. The van der Waals surface area contributed by atoms with Crippen LogP contribution in [0.3, 0.4) is 0 Å². The molecule has 0 heterocycles. The number of hydrogen-bond donors (Lipinski definition) is 1. The Morgan fingerprint density at radius 3 is 2.19 bits per heavy atom. The van der Waals surface area contributed by atoms with Crippen molar-refractivity contribution in [1.82, 2.24) is 5.32 Å². The lowest BCUT2D eigenvalue weighted by Crippen LogP contribution is -2.29. The molecule has 0 saturated carbocycles. The van der Waals surface area contributed by atoms with E-state index in [-0.39, 0.29) is 11.9 Å². The third-order valence-corrected chi connectivity index (χ3v) is 5.37. The van der Waals surface area contributed by atoms with Gasteiger partial charge >= 0.3 is 0 Å². The Morgan fingerprint density at radius 1 is 0.935 bits per heavy atom. The lowest BCUT2D eigenvalue weighted by molar-refractivity contribution is 0.0932. The van der Waals surface area contributed by atoms with Crippen molar-refractivity contribution in [3.8, 4) is 11.5 Å². The van der Waals surface area contributed by atoms with Crippen LogP contribution in [0.4, 0.5) is 0 Å². The summed E-state index contributed by atoms with van der Waals surface area (Å²) in [6, 6.07) is 22.5. The SMILES string of the molecule is COc1ccc([C@H](CC(C)C)NC(=O)c2ccc(OCc3ccccc3Cl)cc2)cc1. The average Bonchev–Trinajstić information content (AvgIpc) is 2.78. The molecule has 5 heteroatoms. The highest BCUT2D eigenvalue weighted by Gasteiger charge is 2.17. The van der Waals surface area contributed by atoms with Crippen LogP contribution in [-0.4, -0.2) is 13.0 Å². The van der Waals surface area contributed by atoms with Crippen LogP contribution in [0.2, 0.25) is 5.02 Å². The third kappa shape index (κ3) is 6.50. The molecular formula is C26H28ClNO3. The summed E-state index contributed by atoms with van der Waals surface area (Å²) in [6.45, 7) is 4.67. The van der Waals surface area contributed by atoms with E-state index < -0.39 is 0 Å². The van der Waals surface area contributed by atoms with Crippen molar-refractivity contribution in [3.63, 3.8) is 0 Å². The number of rotatable bonds is 9. The normalized spacial score (nSPS) is 11.8. The Labute approximate surface area is 189 Å². The number of methoxy groups -OCH3 is 1.